The van der Waals surface area contributed by atoms with Crippen LogP contribution in [0.5, 0.6) is 0 Å². The number of nitriles is 1. The predicted octanol–water partition coefficient (Wildman–Crippen LogP) is 1.57. The van der Waals surface area contributed by atoms with Crippen molar-refractivity contribution in [1.29, 1.82) is 5.26 Å². The van der Waals surface area contributed by atoms with Gasteiger partial charge in [-0.3, -0.25) is 9.10 Å². The Morgan fingerprint density at radius 2 is 2.13 bits per heavy atom. The fraction of sp³-hybridized carbons (Fsp3) is 0.500. The molecule has 1 aromatic rings. The second kappa shape index (κ2) is 5.24. The quantitative estimate of drug-likeness (QED) is 0.909. The van der Waals surface area contributed by atoms with E-state index in [4.69, 9.17) is 0 Å². The first-order chi connectivity index (χ1) is 10.8. The van der Waals surface area contributed by atoms with Crippen molar-refractivity contribution in [3.63, 3.8) is 0 Å². The van der Waals surface area contributed by atoms with Crippen molar-refractivity contribution in [3.05, 3.63) is 29.3 Å². The first-order valence-electron chi connectivity index (χ1n) is 7.62. The number of nitrogens with zero attached hydrogens (tertiary/aromatic N) is 2. The third kappa shape index (κ3) is 2.68. The van der Waals surface area contributed by atoms with Gasteiger partial charge in [0, 0.05) is 11.6 Å². The van der Waals surface area contributed by atoms with Crippen molar-refractivity contribution in [2.45, 2.75) is 44.2 Å². The van der Waals surface area contributed by atoms with E-state index in [9.17, 15) is 18.5 Å². The van der Waals surface area contributed by atoms with Crippen LogP contribution in [-0.4, -0.2) is 32.2 Å². The van der Waals surface area contributed by atoms with Gasteiger partial charge in [-0.15, -0.1) is 0 Å². The molecule has 122 valence electrons. The first-order valence-corrected chi connectivity index (χ1v) is 9.47. The third-order valence-electron chi connectivity index (χ3n) is 4.63. The van der Waals surface area contributed by atoms with Gasteiger partial charge >= 0.3 is 0 Å². The molecule has 1 N–H and O–H groups in total. The van der Waals surface area contributed by atoms with Crippen molar-refractivity contribution < 1.29 is 13.2 Å². The third-order valence-corrected chi connectivity index (χ3v) is 5.90. The van der Waals surface area contributed by atoms with Gasteiger partial charge in [0.15, 0.2) is 0 Å². The SMILES string of the molecule is CC1Cc2cc(C(=O)NC3(C#N)CCC3)ccc2N1S(C)(=O)=O. The number of sulfonamides is 1. The van der Waals surface area contributed by atoms with Crippen LogP contribution >= 0.6 is 0 Å². The summed E-state index contributed by atoms with van der Waals surface area (Å²) in [5.41, 5.74) is 1.21. The van der Waals surface area contributed by atoms with Crippen LogP contribution in [0.25, 0.3) is 0 Å². The molecule has 0 aromatic heterocycles. The minimum absolute atomic E-state index is 0.157. The van der Waals surface area contributed by atoms with Crippen molar-refractivity contribution in [3.8, 4) is 6.07 Å². The molecule has 3 rings (SSSR count). The number of amides is 1. The molecule has 7 heteroatoms. The van der Waals surface area contributed by atoms with E-state index in [2.05, 4.69) is 11.4 Å². The minimum atomic E-state index is -3.34. The van der Waals surface area contributed by atoms with E-state index in [1.165, 1.54) is 10.6 Å². The predicted molar refractivity (Wildman–Crippen MR) is 86.6 cm³/mol. The van der Waals surface area contributed by atoms with E-state index in [1.54, 1.807) is 18.2 Å². The lowest BCUT2D eigenvalue weighted by atomic mass is 9.78. The molecule has 2 aliphatic rings. The summed E-state index contributed by atoms with van der Waals surface area (Å²) in [6, 6.07) is 7.05. The van der Waals surface area contributed by atoms with Gasteiger partial charge in [0.1, 0.15) is 5.54 Å². The van der Waals surface area contributed by atoms with Crippen molar-refractivity contribution in [2.75, 3.05) is 10.6 Å². The zero-order chi connectivity index (χ0) is 16.8. The van der Waals surface area contributed by atoms with E-state index < -0.39 is 15.6 Å². The van der Waals surface area contributed by atoms with Gasteiger partial charge in [-0.25, -0.2) is 8.42 Å². The molecule has 0 radical (unpaired) electrons. The summed E-state index contributed by atoms with van der Waals surface area (Å²) in [5.74, 6) is -0.278. The minimum Gasteiger partial charge on any atom is -0.334 e. The second-order valence-corrected chi connectivity index (χ2v) is 8.32. The maximum atomic E-state index is 12.4. The standard InChI is InChI=1S/C16H19N3O3S/c1-11-8-13-9-12(4-5-14(13)19(11)23(2,21)22)15(20)18-16(10-17)6-3-7-16/h4-5,9,11H,3,6-8H2,1-2H3,(H,18,20). The lowest BCUT2D eigenvalue weighted by molar-refractivity contribution is 0.0881. The monoisotopic (exact) mass is 333 g/mol. The van der Waals surface area contributed by atoms with E-state index in [0.717, 1.165) is 12.0 Å². The van der Waals surface area contributed by atoms with Crippen LogP contribution in [0.3, 0.4) is 0 Å². The molecular formula is C16H19N3O3S. The molecule has 1 saturated carbocycles. The van der Waals surface area contributed by atoms with E-state index in [-0.39, 0.29) is 11.9 Å². The summed E-state index contributed by atoms with van der Waals surface area (Å²) >= 11 is 0. The molecule has 0 spiro atoms. The molecule has 1 aromatic carbocycles. The molecule has 1 aliphatic carbocycles. The highest BCUT2D eigenvalue weighted by atomic mass is 32.2. The Balaban J connectivity index is 1.87. The molecule has 0 saturated heterocycles. The number of fused-ring (bicyclic) bond motifs is 1. The Kier molecular flexibility index (Phi) is 3.60. The molecular weight excluding hydrogens is 314 g/mol. The average molecular weight is 333 g/mol. The molecule has 0 bridgehead atoms. The maximum absolute atomic E-state index is 12.4. The Labute approximate surface area is 136 Å². The zero-order valence-electron chi connectivity index (χ0n) is 13.2. The number of carbonyl (C=O) groups is 1. The van der Waals surface area contributed by atoms with Gasteiger partial charge in [0.25, 0.3) is 5.91 Å². The molecule has 1 fully saturated rings. The van der Waals surface area contributed by atoms with Gasteiger partial charge in [-0.05, 0) is 56.4 Å². The molecule has 6 nitrogen and oxygen atoms in total. The van der Waals surface area contributed by atoms with Crippen LogP contribution in [-0.2, 0) is 16.4 Å². The molecule has 1 amide bonds. The van der Waals surface area contributed by atoms with Gasteiger partial charge < -0.3 is 5.32 Å². The summed E-state index contributed by atoms with van der Waals surface area (Å²) in [7, 11) is -3.34. The number of hydrogen-bond acceptors (Lipinski definition) is 4. The van der Waals surface area contributed by atoms with Gasteiger partial charge in [0.05, 0.1) is 18.0 Å². The van der Waals surface area contributed by atoms with E-state index >= 15 is 0 Å². The summed E-state index contributed by atoms with van der Waals surface area (Å²) in [6.45, 7) is 1.85. The first kappa shape index (κ1) is 15.8. The number of benzene rings is 1. The van der Waals surface area contributed by atoms with E-state index in [0.29, 0.717) is 30.5 Å². The largest absolute Gasteiger partial charge is 0.334 e. The zero-order valence-corrected chi connectivity index (χ0v) is 14.0. The molecule has 23 heavy (non-hydrogen) atoms. The second-order valence-electron chi connectivity index (χ2n) is 6.46. The number of rotatable bonds is 3. The fourth-order valence-corrected chi connectivity index (χ4v) is 4.60. The highest BCUT2D eigenvalue weighted by Crippen LogP contribution is 2.35. The summed E-state index contributed by atoms with van der Waals surface area (Å²) in [4.78, 5) is 12.4. The average Bonchev–Trinajstić information content (AvgIpc) is 2.77. The Hall–Kier alpha value is -2.07. The lowest BCUT2D eigenvalue weighted by Crippen LogP contribution is -2.52. The van der Waals surface area contributed by atoms with Crippen molar-refractivity contribution in [2.24, 2.45) is 0 Å². The van der Waals surface area contributed by atoms with Crippen LogP contribution in [0.15, 0.2) is 18.2 Å². The molecule has 1 atom stereocenters. The number of anilines is 1. The number of carbonyl (C=O) groups excluding carboxylic acids is 1. The lowest BCUT2D eigenvalue weighted by Gasteiger charge is -2.35. The van der Waals surface area contributed by atoms with Crippen LogP contribution in [0.1, 0.15) is 42.1 Å². The van der Waals surface area contributed by atoms with Gasteiger partial charge in [0.2, 0.25) is 10.0 Å². The Bertz CT molecular complexity index is 806. The molecule has 1 unspecified atom stereocenters. The Morgan fingerprint density at radius 3 is 2.65 bits per heavy atom. The van der Waals surface area contributed by atoms with Crippen LogP contribution in [0.4, 0.5) is 5.69 Å². The normalized spacial score (nSPS) is 22.0. The van der Waals surface area contributed by atoms with Crippen molar-refractivity contribution in [1.82, 2.24) is 5.32 Å². The molecule has 1 heterocycles. The van der Waals surface area contributed by atoms with Crippen LogP contribution < -0.4 is 9.62 Å². The van der Waals surface area contributed by atoms with Crippen LogP contribution in [0.2, 0.25) is 0 Å². The highest BCUT2D eigenvalue weighted by Gasteiger charge is 2.39. The summed E-state index contributed by atoms with van der Waals surface area (Å²) < 4.78 is 25.2. The van der Waals surface area contributed by atoms with Gasteiger partial charge in [-0.2, -0.15) is 5.26 Å². The van der Waals surface area contributed by atoms with Gasteiger partial charge in [-0.1, -0.05) is 0 Å². The summed E-state index contributed by atoms with van der Waals surface area (Å²) in [6.07, 6.45) is 4.07. The number of nitrogens with one attached hydrogen (secondary N) is 1. The van der Waals surface area contributed by atoms with Crippen molar-refractivity contribution >= 4 is 21.6 Å². The van der Waals surface area contributed by atoms with E-state index in [1.807, 2.05) is 6.92 Å². The number of hydrogen-bond donors (Lipinski definition) is 1. The molecule has 1 aliphatic heterocycles. The summed E-state index contributed by atoms with van der Waals surface area (Å²) in [5, 5.41) is 12.0. The Morgan fingerprint density at radius 1 is 1.43 bits per heavy atom. The van der Waals surface area contributed by atoms with Crippen LogP contribution in [0, 0.1) is 11.3 Å². The highest BCUT2D eigenvalue weighted by molar-refractivity contribution is 7.92. The maximum Gasteiger partial charge on any atom is 0.252 e. The topological polar surface area (TPSA) is 90.3 Å². The smallest absolute Gasteiger partial charge is 0.252 e. The fourth-order valence-electron chi connectivity index (χ4n) is 3.33.